The van der Waals surface area contributed by atoms with Gasteiger partial charge in [0.15, 0.2) is 0 Å². The van der Waals surface area contributed by atoms with Gasteiger partial charge in [0.25, 0.3) is 0 Å². The highest BCUT2D eigenvalue weighted by atomic mass is 16.4. The number of nitrogens with zero attached hydrogens (tertiary/aromatic N) is 1. The molecule has 2 rings (SSSR count). The van der Waals surface area contributed by atoms with Crippen LogP contribution in [0.3, 0.4) is 0 Å². The lowest BCUT2D eigenvalue weighted by molar-refractivity contribution is -0.145. The molecule has 2 aliphatic rings. The van der Waals surface area contributed by atoms with E-state index in [-0.39, 0.29) is 5.92 Å². The minimum Gasteiger partial charge on any atom is -0.481 e. The van der Waals surface area contributed by atoms with Crippen LogP contribution in [0.1, 0.15) is 32.1 Å². The van der Waals surface area contributed by atoms with Gasteiger partial charge in [0.05, 0.1) is 5.92 Å². The Bertz CT molecular complexity index is 213. The second kappa shape index (κ2) is 4.30. The fourth-order valence-electron chi connectivity index (χ4n) is 2.65. The van der Waals surface area contributed by atoms with Gasteiger partial charge in [0.2, 0.25) is 0 Å². The van der Waals surface area contributed by atoms with Crippen molar-refractivity contribution in [2.75, 3.05) is 19.6 Å². The third-order valence-electron chi connectivity index (χ3n) is 3.67. The summed E-state index contributed by atoms with van der Waals surface area (Å²) in [5, 5.41) is 9.09. The number of rotatable bonds is 3. The summed E-state index contributed by atoms with van der Waals surface area (Å²) in [5.41, 5.74) is 0. The maximum Gasteiger partial charge on any atom is 0.306 e. The van der Waals surface area contributed by atoms with E-state index in [4.69, 9.17) is 5.11 Å². The Labute approximate surface area is 85.1 Å². The van der Waals surface area contributed by atoms with Crippen molar-refractivity contribution in [2.24, 2.45) is 11.8 Å². The van der Waals surface area contributed by atoms with E-state index >= 15 is 0 Å². The molecular weight excluding hydrogens is 178 g/mol. The van der Waals surface area contributed by atoms with Gasteiger partial charge >= 0.3 is 5.97 Å². The van der Waals surface area contributed by atoms with E-state index in [0.717, 1.165) is 25.8 Å². The van der Waals surface area contributed by atoms with E-state index in [0.29, 0.717) is 5.92 Å². The maximum atomic E-state index is 11.0. The number of carboxylic acids is 1. The predicted molar refractivity (Wildman–Crippen MR) is 54.1 cm³/mol. The highest BCUT2D eigenvalue weighted by molar-refractivity contribution is 5.70. The highest BCUT2D eigenvalue weighted by Gasteiger charge is 2.32. The first-order valence-corrected chi connectivity index (χ1v) is 5.72. The number of hydrogen-bond acceptors (Lipinski definition) is 2. The molecule has 1 heterocycles. The van der Waals surface area contributed by atoms with Crippen molar-refractivity contribution in [3.63, 3.8) is 0 Å². The van der Waals surface area contributed by atoms with Crippen molar-refractivity contribution in [2.45, 2.75) is 32.1 Å². The van der Waals surface area contributed by atoms with Crippen molar-refractivity contribution < 1.29 is 9.90 Å². The van der Waals surface area contributed by atoms with Gasteiger partial charge in [-0.15, -0.1) is 0 Å². The summed E-state index contributed by atoms with van der Waals surface area (Å²) in [5.74, 6) is -0.221. The SMILES string of the molecule is O=C(O)C1CCCCC1CN1CCC1. The van der Waals surface area contributed by atoms with Gasteiger partial charge in [-0.3, -0.25) is 4.79 Å². The molecule has 1 N–H and O–H groups in total. The van der Waals surface area contributed by atoms with Crippen molar-refractivity contribution >= 4 is 5.97 Å². The number of carboxylic acid groups (broad SMARTS) is 1. The lowest BCUT2D eigenvalue weighted by Gasteiger charge is -2.37. The van der Waals surface area contributed by atoms with Gasteiger partial charge < -0.3 is 10.0 Å². The predicted octanol–water partition coefficient (Wildman–Crippen LogP) is 1.58. The second-order valence-corrected chi connectivity index (χ2v) is 4.64. The van der Waals surface area contributed by atoms with E-state index in [1.807, 2.05) is 0 Å². The molecule has 1 saturated carbocycles. The summed E-state index contributed by atoms with van der Waals surface area (Å²) in [6.45, 7) is 3.39. The number of hydrogen-bond donors (Lipinski definition) is 1. The van der Waals surface area contributed by atoms with Crippen LogP contribution in [0.15, 0.2) is 0 Å². The molecule has 1 aliphatic heterocycles. The van der Waals surface area contributed by atoms with Crippen molar-refractivity contribution in [1.82, 2.24) is 4.90 Å². The molecule has 14 heavy (non-hydrogen) atoms. The lowest BCUT2D eigenvalue weighted by Crippen LogP contribution is -2.44. The van der Waals surface area contributed by atoms with Gasteiger partial charge in [-0.05, 0) is 38.3 Å². The molecule has 0 spiro atoms. The van der Waals surface area contributed by atoms with Gasteiger partial charge in [0, 0.05) is 6.54 Å². The Balaban J connectivity index is 1.88. The molecule has 0 amide bonds. The molecule has 0 aromatic heterocycles. The Kier molecular flexibility index (Phi) is 3.06. The van der Waals surface area contributed by atoms with E-state index in [1.165, 1.54) is 25.9 Å². The van der Waals surface area contributed by atoms with Gasteiger partial charge in [-0.2, -0.15) is 0 Å². The molecule has 3 nitrogen and oxygen atoms in total. The smallest absolute Gasteiger partial charge is 0.306 e. The summed E-state index contributed by atoms with van der Waals surface area (Å²) in [4.78, 5) is 13.4. The average Bonchev–Trinajstić information content (AvgIpc) is 2.12. The Hall–Kier alpha value is -0.570. The Morgan fingerprint density at radius 2 is 1.93 bits per heavy atom. The van der Waals surface area contributed by atoms with Crippen LogP contribution >= 0.6 is 0 Å². The summed E-state index contributed by atoms with van der Waals surface area (Å²) >= 11 is 0. The fraction of sp³-hybridized carbons (Fsp3) is 0.909. The van der Waals surface area contributed by atoms with Crippen molar-refractivity contribution in [3.05, 3.63) is 0 Å². The van der Waals surface area contributed by atoms with Gasteiger partial charge in [-0.1, -0.05) is 12.8 Å². The lowest BCUT2D eigenvalue weighted by atomic mass is 9.78. The highest BCUT2D eigenvalue weighted by Crippen LogP contribution is 2.31. The van der Waals surface area contributed by atoms with Gasteiger partial charge in [0.1, 0.15) is 0 Å². The van der Waals surface area contributed by atoms with Crippen LogP contribution in [0.5, 0.6) is 0 Å². The molecule has 80 valence electrons. The first-order valence-electron chi connectivity index (χ1n) is 5.72. The molecule has 1 saturated heterocycles. The molecule has 2 atom stereocenters. The molecule has 0 aromatic carbocycles. The van der Waals surface area contributed by atoms with Crippen LogP contribution < -0.4 is 0 Å². The summed E-state index contributed by atoms with van der Waals surface area (Å²) < 4.78 is 0. The quantitative estimate of drug-likeness (QED) is 0.746. The van der Waals surface area contributed by atoms with E-state index in [9.17, 15) is 4.79 Å². The van der Waals surface area contributed by atoms with E-state index in [2.05, 4.69) is 4.90 Å². The zero-order chi connectivity index (χ0) is 9.97. The van der Waals surface area contributed by atoms with Crippen LogP contribution in [0, 0.1) is 11.8 Å². The summed E-state index contributed by atoms with van der Waals surface area (Å²) in [6.07, 6.45) is 5.64. The molecule has 2 fully saturated rings. The van der Waals surface area contributed by atoms with Gasteiger partial charge in [-0.25, -0.2) is 0 Å². The monoisotopic (exact) mass is 197 g/mol. The van der Waals surface area contributed by atoms with Crippen molar-refractivity contribution in [1.29, 1.82) is 0 Å². The molecule has 0 bridgehead atoms. The number of aliphatic carboxylic acids is 1. The standard InChI is InChI=1S/C11H19NO2/c13-11(14)10-5-2-1-4-9(10)8-12-6-3-7-12/h9-10H,1-8H2,(H,13,14). The Morgan fingerprint density at radius 3 is 2.50 bits per heavy atom. The van der Waals surface area contributed by atoms with Crippen LogP contribution in [0.25, 0.3) is 0 Å². The maximum absolute atomic E-state index is 11.0. The number of carbonyl (C=O) groups is 1. The average molecular weight is 197 g/mol. The topological polar surface area (TPSA) is 40.5 Å². The van der Waals surface area contributed by atoms with Crippen LogP contribution in [-0.2, 0) is 4.79 Å². The first kappa shape index (κ1) is 9.97. The van der Waals surface area contributed by atoms with Crippen LogP contribution in [0.4, 0.5) is 0 Å². The zero-order valence-corrected chi connectivity index (χ0v) is 8.61. The van der Waals surface area contributed by atoms with Crippen LogP contribution in [-0.4, -0.2) is 35.6 Å². The first-order chi connectivity index (χ1) is 6.77. The summed E-state index contributed by atoms with van der Waals surface area (Å²) in [6, 6.07) is 0. The molecule has 1 aliphatic carbocycles. The Morgan fingerprint density at radius 1 is 1.21 bits per heavy atom. The van der Waals surface area contributed by atoms with E-state index < -0.39 is 5.97 Å². The largest absolute Gasteiger partial charge is 0.481 e. The zero-order valence-electron chi connectivity index (χ0n) is 8.61. The summed E-state index contributed by atoms with van der Waals surface area (Å²) in [7, 11) is 0. The molecule has 0 aromatic rings. The second-order valence-electron chi connectivity index (χ2n) is 4.64. The third kappa shape index (κ3) is 2.08. The van der Waals surface area contributed by atoms with Crippen LogP contribution in [0.2, 0.25) is 0 Å². The molecule has 3 heteroatoms. The minimum atomic E-state index is -0.574. The molecule has 2 unspecified atom stereocenters. The van der Waals surface area contributed by atoms with Crippen molar-refractivity contribution in [3.8, 4) is 0 Å². The number of likely N-dealkylation sites (tertiary alicyclic amines) is 1. The minimum absolute atomic E-state index is 0.0654. The fourth-order valence-corrected chi connectivity index (χ4v) is 2.65. The van der Waals surface area contributed by atoms with E-state index in [1.54, 1.807) is 0 Å². The molecular formula is C11H19NO2. The normalized spacial score (nSPS) is 33.7. The molecule has 0 radical (unpaired) electrons. The third-order valence-corrected chi connectivity index (χ3v) is 3.67.